The lowest BCUT2D eigenvalue weighted by Gasteiger charge is -2.05. The Bertz CT molecular complexity index is 76.8. The zero-order valence-electron chi connectivity index (χ0n) is 7.19. The van der Waals surface area contributed by atoms with Crippen LogP contribution in [0.15, 0.2) is 12.7 Å². The lowest BCUT2D eigenvalue weighted by Crippen LogP contribution is -2.23. The van der Waals surface area contributed by atoms with Crippen molar-refractivity contribution in [2.75, 3.05) is 6.54 Å². The molecule has 0 fully saturated rings. The van der Waals surface area contributed by atoms with E-state index in [1.807, 2.05) is 6.08 Å². The summed E-state index contributed by atoms with van der Waals surface area (Å²) >= 11 is 0. The third-order valence-corrected chi connectivity index (χ3v) is 1.39. The van der Waals surface area contributed by atoms with Crippen LogP contribution < -0.4 is 5.32 Å². The third kappa shape index (κ3) is 7.70. The first kappa shape index (κ1) is 9.70. The van der Waals surface area contributed by atoms with E-state index in [1.54, 1.807) is 0 Å². The lowest BCUT2D eigenvalue weighted by molar-refractivity contribution is 0.559. The molecule has 0 aromatic heterocycles. The first-order chi connectivity index (χ1) is 4.77. The normalized spacial score (nSPS) is 10.3. The topological polar surface area (TPSA) is 12.0 Å². The molecule has 0 aromatic carbocycles. The zero-order valence-corrected chi connectivity index (χ0v) is 7.19. The Hall–Kier alpha value is -0.300. The van der Waals surface area contributed by atoms with Crippen LogP contribution in [0, 0.1) is 0 Å². The third-order valence-electron chi connectivity index (χ3n) is 1.39. The number of hydrogen-bond donors (Lipinski definition) is 1. The van der Waals surface area contributed by atoms with Gasteiger partial charge in [0.05, 0.1) is 0 Å². The maximum Gasteiger partial charge on any atom is 0.00103 e. The molecule has 0 aliphatic carbocycles. The summed E-state index contributed by atoms with van der Waals surface area (Å²) in [7, 11) is 0. The van der Waals surface area contributed by atoms with E-state index in [0.717, 1.165) is 13.0 Å². The van der Waals surface area contributed by atoms with Crippen LogP contribution in [0.4, 0.5) is 0 Å². The minimum Gasteiger partial charge on any atom is -0.315 e. The van der Waals surface area contributed by atoms with E-state index >= 15 is 0 Å². The van der Waals surface area contributed by atoms with Gasteiger partial charge in [0.25, 0.3) is 0 Å². The van der Waals surface area contributed by atoms with Gasteiger partial charge in [0, 0.05) is 6.04 Å². The summed E-state index contributed by atoms with van der Waals surface area (Å²) in [4.78, 5) is 0. The Morgan fingerprint density at radius 2 is 2.10 bits per heavy atom. The van der Waals surface area contributed by atoms with Crippen molar-refractivity contribution in [3.8, 4) is 0 Å². The Kier molecular flexibility index (Phi) is 6.61. The van der Waals surface area contributed by atoms with Crippen LogP contribution in [0.5, 0.6) is 0 Å². The van der Waals surface area contributed by atoms with Crippen molar-refractivity contribution in [3.63, 3.8) is 0 Å². The SMILES string of the molecule is C=CCCCCNC(C)C. The molecule has 0 radical (unpaired) electrons. The summed E-state index contributed by atoms with van der Waals surface area (Å²) in [5.41, 5.74) is 0. The van der Waals surface area contributed by atoms with Crippen LogP contribution in [0.1, 0.15) is 33.1 Å². The Morgan fingerprint density at radius 3 is 2.60 bits per heavy atom. The molecule has 0 aliphatic rings. The zero-order chi connectivity index (χ0) is 7.82. The van der Waals surface area contributed by atoms with Gasteiger partial charge in [-0.2, -0.15) is 0 Å². The smallest absolute Gasteiger partial charge is 0.00103 e. The van der Waals surface area contributed by atoms with Crippen molar-refractivity contribution < 1.29 is 0 Å². The van der Waals surface area contributed by atoms with Crippen LogP contribution >= 0.6 is 0 Å². The van der Waals surface area contributed by atoms with E-state index in [-0.39, 0.29) is 0 Å². The molecule has 0 heterocycles. The molecule has 0 bridgehead atoms. The summed E-state index contributed by atoms with van der Waals surface area (Å²) < 4.78 is 0. The molecule has 0 atom stereocenters. The predicted molar refractivity (Wildman–Crippen MR) is 47.2 cm³/mol. The summed E-state index contributed by atoms with van der Waals surface area (Å²) in [5, 5.41) is 3.37. The molecule has 0 saturated heterocycles. The second kappa shape index (κ2) is 6.81. The average molecular weight is 141 g/mol. The van der Waals surface area contributed by atoms with Crippen molar-refractivity contribution >= 4 is 0 Å². The highest BCUT2D eigenvalue weighted by Crippen LogP contribution is 1.93. The summed E-state index contributed by atoms with van der Waals surface area (Å²) in [6, 6.07) is 0.628. The first-order valence-electron chi connectivity index (χ1n) is 4.11. The number of nitrogens with one attached hydrogen (secondary N) is 1. The van der Waals surface area contributed by atoms with Crippen LogP contribution in [0.2, 0.25) is 0 Å². The summed E-state index contributed by atoms with van der Waals surface area (Å²) in [6.45, 7) is 9.17. The monoisotopic (exact) mass is 141 g/mol. The molecule has 60 valence electrons. The molecule has 0 aromatic rings. The van der Waals surface area contributed by atoms with Crippen molar-refractivity contribution in [1.82, 2.24) is 5.32 Å². The summed E-state index contributed by atoms with van der Waals surface area (Å²) in [5.74, 6) is 0. The number of unbranched alkanes of at least 4 members (excludes halogenated alkanes) is 2. The van der Waals surface area contributed by atoms with Crippen molar-refractivity contribution in [3.05, 3.63) is 12.7 Å². The molecule has 1 heteroatoms. The molecule has 0 aliphatic heterocycles. The molecule has 0 spiro atoms. The second-order valence-electron chi connectivity index (χ2n) is 2.89. The molecule has 0 amide bonds. The van der Waals surface area contributed by atoms with E-state index in [9.17, 15) is 0 Å². The molecule has 1 nitrogen and oxygen atoms in total. The molecular weight excluding hydrogens is 122 g/mol. The largest absolute Gasteiger partial charge is 0.315 e. The van der Waals surface area contributed by atoms with Gasteiger partial charge < -0.3 is 5.32 Å². The standard InChI is InChI=1S/C9H19N/c1-4-5-6-7-8-10-9(2)3/h4,9-10H,1,5-8H2,2-3H3. The number of hydrogen-bond acceptors (Lipinski definition) is 1. The van der Waals surface area contributed by atoms with E-state index in [4.69, 9.17) is 0 Å². The highest BCUT2D eigenvalue weighted by Gasteiger charge is 1.89. The highest BCUT2D eigenvalue weighted by atomic mass is 14.9. The Balaban J connectivity index is 2.83. The quantitative estimate of drug-likeness (QED) is 0.442. The Morgan fingerprint density at radius 1 is 1.40 bits per heavy atom. The Labute approximate surface area is 64.5 Å². The van der Waals surface area contributed by atoms with Crippen LogP contribution in [0.25, 0.3) is 0 Å². The van der Waals surface area contributed by atoms with Gasteiger partial charge in [-0.1, -0.05) is 19.9 Å². The van der Waals surface area contributed by atoms with Gasteiger partial charge in [0.1, 0.15) is 0 Å². The van der Waals surface area contributed by atoms with E-state index in [0.29, 0.717) is 6.04 Å². The van der Waals surface area contributed by atoms with Crippen molar-refractivity contribution in [2.45, 2.75) is 39.2 Å². The second-order valence-corrected chi connectivity index (χ2v) is 2.89. The lowest BCUT2D eigenvalue weighted by atomic mass is 10.2. The van der Waals surface area contributed by atoms with Crippen LogP contribution in [0.3, 0.4) is 0 Å². The highest BCUT2D eigenvalue weighted by molar-refractivity contribution is 4.66. The van der Waals surface area contributed by atoms with Gasteiger partial charge in [-0.3, -0.25) is 0 Å². The maximum atomic E-state index is 3.67. The fraction of sp³-hybridized carbons (Fsp3) is 0.778. The predicted octanol–water partition coefficient (Wildman–Crippen LogP) is 2.34. The van der Waals surface area contributed by atoms with E-state index in [1.165, 1.54) is 12.8 Å². The van der Waals surface area contributed by atoms with Gasteiger partial charge in [0.15, 0.2) is 0 Å². The van der Waals surface area contributed by atoms with Crippen LogP contribution in [-0.4, -0.2) is 12.6 Å². The van der Waals surface area contributed by atoms with E-state index in [2.05, 4.69) is 25.7 Å². The minimum atomic E-state index is 0.628. The molecule has 0 unspecified atom stereocenters. The first-order valence-corrected chi connectivity index (χ1v) is 4.11. The minimum absolute atomic E-state index is 0.628. The molecule has 0 rings (SSSR count). The van der Waals surface area contributed by atoms with Crippen molar-refractivity contribution in [1.29, 1.82) is 0 Å². The van der Waals surface area contributed by atoms with Gasteiger partial charge in [-0.15, -0.1) is 6.58 Å². The van der Waals surface area contributed by atoms with Crippen molar-refractivity contribution in [2.24, 2.45) is 0 Å². The van der Waals surface area contributed by atoms with Gasteiger partial charge in [-0.05, 0) is 25.8 Å². The molecule has 10 heavy (non-hydrogen) atoms. The molecule has 0 saturated carbocycles. The fourth-order valence-electron chi connectivity index (χ4n) is 0.804. The van der Waals surface area contributed by atoms with Gasteiger partial charge in [0.2, 0.25) is 0 Å². The van der Waals surface area contributed by atoms with Crippen LogP contribution in [-0.2, 0) is 0 Å². The maximum absolute atomic E-state index is 3.67. The van der Waals surface area contributed by atoms with Gasteiger partial charge in [-0.25, -0.2) is 0 Å². The fourth-order valence-corrected chi connectivity index (χ4v) is 0.804. The van der Waals surface area contributed by atoms with Gasteiger partial charge >= 0.3 is 0 Å². The number of rotatable bonds is 6. The molecular formula is C9H19N. The molecule has 1 N–H and O–H groups in total. The summed E-state index contributed by atoms with van der Waals surface area (Å²) in [6.07, 6.45) is 5.67. The number of allylic oxidation sites excluding steroid dienone is 1. The van der Waals surface area contributed by atoms with E-state index < -0.39 is 0 Å². The average Bonchev–Trinajstić information content (AvgIpc) is 1.87.